The molecule has 2 heterocycles. The van der Waals surface area contributed by atoms with E-state index in [0.717, 1.165) is 16.7 Å². The zero-order chi connectivity index (χ0) is 26.5. The summed E-state index contributed by atoms with van der Waals surface area (Å²) in [4.78, 5) is 38.4. The zero-order valence-electron chi connectivity index (χ0n) is 19.8. The number of carbonyl (C=O) groups excluding carboxylic acids is 3. The largest absolute Gasteiger partial charge is 0.490 e. The Bertz CT molecular complexity index is 1390. The van der Waals surface area contributed by atoms with Gasteiger partial charge in [0.1, 0.15) is 18.2 Å². The van der Waals surface area contributed by atoms with Crippen LogP contribution in [0.3, 0.4) is 0 Å². The summed E-state index contributed by atoms with van der Waals surface area (Å²) in [6.45, 7) is 2.19. The predicted molar refractivity (Wildman–Crippen MR) is 138 cm³/mol. The van der Waals surface area contributed by atoms with Crippen LogP contribution >= 0.6 is 27.7 Å². The lowest BCUT2D eigenvalue weighted by Crippen LogP contribution is -2.27. The van der Waals surface area contributed by atoms with Crippen LogP contribution in [-0.2, 0) is 22.7 Å². The fourth-order valence-corrected chi connectivity index (χ4v) is 4.70. The van der Waals surface area contributed by atoms with Crippen LogP contribution < -0.4 is 9.47 Å². The Morgan fingerprint density at radius 2 is 1.92 bits per heavy atom. The fourth-order valence-electron chi connectivity index (χ4n) is 3.44. The summed E-state index contributed by atoms with van der Waals surface area (Å²) in [5, 5.41) is -0.469. The fraction of sp³-hybridized carbons (Fsp3) is 0.192. The summed E-state index contributed by atoms with van der Waals surface area (Å²) >= 11 is 4.28. The summed E-state index contributed by atoms with van der Waals surface area (Å²) in [5.41, 5.74) is 1.25. The minimum atomic E-state index is -0.654. The van der Waals surface area contributed by atoms with Gasteiger partial charge in [0.2, 0.25) is 5.76 Å². The van der Waals surface area contributed by atoms with Crippen molar-refractivity contribution in [2.45, 2.75) is 20.1 Å². The first-order valence-electron chi connectivity index (χ1n) is 11.0. The number of benzene rings is 2. The number of furan rings is 1. The van der Waals surface area contributed by atoms with E-state index in [-0.39, 0.29) is 35.4 Å². The van der Waals surface area contributed by atoms with Crippen LogP contribution in [0.4, 0.5) is 9.18 Å². The number of thioether (sulfide) groups is 1. The SMILES string of the molecule is CCOc1cc(/C=C2/SC(=O)N(Cc3ccc(C(=O)OC)o3)C2=O)c(Br)cc1OCc1cccc(F)c1. The smallest absolute Gasteiger partial charge is 0.373 e. The van der Waals surface area contributed by atoms with E-state index in [9.17, 15) is 18.8 Å². The molecule has 0 unspecified atom stereocenters. The number of ether oxygens (including phenoxy) is 3. The van der Waals surface area contributed by atoms with Crippen LogP contribution in [0.5, 0.6) is 11.5 Å². The second-order valence-electron chi connectivity index (χ2n) is 7.70. The molecule has 1 aromatic heterocycles. The maximum absolute atomic E-state index is 13.5. The maximum Gasteiger partial charge on any atom is 0.373 e. The third kappa shape index (κ3) is 6.23. The molecule has 192 valence electrons. The minimum absolute atomic E-state index is 0.0212. The quantitative estimate of drug-likeness (QED) is 0.215. The van der Waals surface area contributed by atoms with Crippen LogP contribution in [0.25, 0.3) is 6.08 Å². The van der Waals surface area contributed by atoms with Crippen molar-refractivity contribution < 1.29 is 37.4 Å². The molecule has 3 aromatic rings. The monoisotopic (exact) mass is 589 g/mol. The Labute approximate surface area is 224 Å². The predicted octanol–water partition coefficient (Wildman–Crippen LogP) is 6.18. The molecular formula is C26H21BrFNO7S. The minimum Gasteiger partial charge on any atom is -0.490 e. The Morgan fingerprint density at radius 1 is 1.14 bits per heavy atom. The number of esters is 1. The number of amides is 2. The number of hydrogen-bond acceptors (Lipinski definition) is 8. The highest BCUT2D eigenvalue weighted by Crippen LogP contribution is 2.39. The van der Waals surface area contributed by atoms with Crippen molar-refractivity contribution in [1.82, 2.24) is 4.90 Å². The average Bonchev–Trinajstić information content (AvgIpc) is 3.45. The number of rotatable bonds is 9. The van der Waals surface area contributed by atoms with Crippen molar-refractivity contribution in [1.29, 1.82) is 0 Å². The molecule has 0 spiro atoms. The van der Waals surface area contributed by atoms with Gasteiger partial charge in [-0.25, -0.2) is 9.18 Å². The molecule has 0 bridgehead atoms. The van der Waals surface area contributed by atoms with E-state index in [1.165, 1.54) is 31.4 Å². The molecule has 1 aliphatic rings. The second kappa shape index (κ2) is 11.7. The molecule has 0 saturated carbocycles. The number of hydrogen-bond donors (Lipinski definition) is 0. The van der Waals surface area contributed by atoms with E-state index >= 15 is 0 Å². The average molecular weight is 590 g/mol. The van der Waals surface area contributed by atoms with Crippen LogP contribution in [-0.4, -0.2) is 35.7 Å². The van der Waals surface area contributed by atoms with Gasteiger partial charge in [0, 0.05) is 4.47 Å². The van der Waals surface area contributed by atoms with Gasteiger partial charge in [-0.15, -0.1) is 0 Å². The molecule has 37 heavy (non-hydrogen) atoms. The van der Waals surface area contributed by atoms with Crippen molar-refractivity contribution in [3.63, 3.8) is 0 Å². The Morgan fingerprint density at radius 3 is 2.65 bits per heavy atom. The molecule has 11 heteroatoms. The number of halogens is 2. The van der Waals surface area contributed by atoms with Gasteiger partial charge in [-0.05, 0) is 72.3 Å². The first-order valence-corrected chi connectivity index (χ1v) is 12.7. The molecule has 0 atom stereocenters. The third-order valence-corrected chi connectivity index (χ3v) is 6.76. The highest BCUT2D eigenvalue weighted by atomic mass is 79.9. The van der Waals surface area contributed by atoms with E-state index < -0.39 is 17.1 Å². The Kier molecular flexibility index (Phi) is 8.34. The molecule has 0 aliphatic carbocycles. The molecule has 2 amide bonds. The molecule has 1 fully saturated rings. The van der Waals surface area contributed by atoms with E-state index in [2.05, 4.69) is 20.7 Å². The zero-order valence-corrected chi connectivity index (χ0v) is 22.2. The van der Waals surface area contributed by atoms with Crippen molar-refractivity contribution in [3.8, 4) is 11.5 Å². The standard InChI is InChI=1S/C26H21BrFNO7S/c1-3-34-21-10-16(19(27)12-22(21)35-14-15-5-4-6-17(28)9-15)11-23-24(30)29(26(32)37-23)13-18-7-8-20(36-18)25(31)33-2/h4-12H,3,13-14H2,1-2H3/b23-11+. The summed E-state index contributed by atoms with van der Waals surface area (Å²) in [7, 11) is 1.23. The van der Waals surface area contributed by atoms with Crippen LogP contribution in [0, 0.1) is 5.82 Å². The number of methoxy groups -OCH3 is 1. The summed E-state index contributed by atoms with van der Waals surface area (Å²) in [6.07, 6.45) is 1.58. The van der Waals surface area contributed by atoms with Gasteiger partial charge < -0.3 is 18.6 Å². The number of nitrogens with zero attached hydrogens (tertiary/aromatic N) is 1. The topological polar surface area (TPSA) is 95.3 Å². The number of carbonyl (C=O) groups is 3. The Balaban J connectivity index is 1.53. The van der Waals surface area contributed by atoms with Gasteiger partial charge in [0.15, 0.2) is 11.5 Å². The lowest BCUT2D eigenvalue weighted by Gasteiger charge is -2.14. The molecule has 1 saturated heterocycles. The first-order chi connectivity index (χ1) is 17.8. The molecule has 8 nitrogen and oxygen atoms in total. The highest BCUT2D eigenvalue weighted by molar-refractivity contribution is 9.10. The molecule has 2 aromatic carbocycles. The summed E-state index contributed by atoms with van der Waals surface area (Å²) < 4.78 is 35.7. The van der Waals surface area contributed by atoms with Gasteiger partial charge in [-0.1, -0.05) is 28.1 Å². The van der Waals surface area contributed by atoms with Gasteiger partial charge in [-0.2, -0.15) is 0 Å². The third-order valence-electron chi connectivity index (χ3n) is 5.17. The van der Waals surface area contributed by atoms with Crippen molar-refractivity contribution in [3.05, 3.63) is 86.4 Å². The molecular weight excluding hydrogens is 569 g/mol. The van der Waals surface area contributed by atoms with Crippen LogP contribution in [0.1, 0.15) is 34.4 Å². The van der Waals surface area contributed by atoms with Crippen molar-refractivity contribution >= 4 is 50.9 Å². The molecule has 0 radical (unpaired) electrons. The Hall–Kier alpha value is -3.57. The van der Waals surface area contributed by atoms with E-state index in [0.29, 0.717) is 33.7 Å². The lowest BCUT2D eigenvalue weighted by molar-refractivity contribution is -0.123. The van der Waals surface area contributed by atoms with Gasteiger partial charge in [0.25, 0.3) is 11.1 Å². The molecule has 0 N–H and O–H groups in total. The van der Waals surface area contributed by atoms with Crippen molar-refractivity contribution in [2.24, 2.45) is 0 Å². The van der Waals surface area contributed by atoms with Gasteiger partial charge in [-0.3, -0.25) is 14.5 Å². The maximum atomic E-state index is 13.5. The van der Waals surface area contributed by atoms with Crippen molar-refractivity contribution in [2.75, 3.05) is 13.7 Å². The normalized spacial score (nSPS) is 14.4. The van der Waals surface area contributed by atoms with Gasteiger partial charge in [0.05, 0.1) is 25.2 Å². The van der Waals surface area contributed by atoms with Gasteiger partial charge >= 0.3 is 5.97 Å². The van der Waals surface area contributed by atoms with Crippen LogP contribution in [0.15, 0.2) is 62.3 Å². The van der Waals surface area contributed by atoms with E-state index in [4.69, 9.17) is 13.9 Å². The summed E-state index contributed by atoms with van der Waals surface area (Å²) in [5.74, 6) is -0.398. The second-order valence-corrected chi connectivity index (χ2v) is 9.54. The summed E-state index contributed by atoms with van der Waals surface area (Å²) in [6, 6.07) is 12.4. The molecule has 4 rings (SSSR count). The molecule has 1 aliphatic heterocycles. The highest BCUT2D eigenvalue weighted by Gasteiger charge is 2.36. The first kappa shape index (κ1) is 26.5. The number of imide groups is 1. The van der Waals surface area contributed by atoms with Crippen LogP contribution in [0.2, 0.25) is 0 Å². The van der Waals surface area contributed by atoms with E-state index in [1.54, 1.807) is 30.3 Å². The lowest BCUT2D eigenvalue weighted by atomic mass is 10.1. The van der Waals surface area contributed by atoms with E-state index in [1.807, 2.05) is 6.92 Å².